The second-order valence-corrected chi connectivity index (χ2v) is 6.94. The van der Waals surface area contributed by atoms with Gasteiger partial charge in [-0.05, 0) is 70.0 Å². The van der Waals surface area contributed by atoms with Gasteiger partial charge in [0.15, 0.2) is 0 Å². The molecule has 5 nitrogen and oxygen atoms in total. The van der Waals surface area contributed by atoms with Crippen LogP contribution in [0.25, 0.3) is 0 Å². The van der Waals surface area contributed by atoms with E-state index in [-0.39, 0.29) is 5.91 Å². The number of ether oxygens (including phenoxy) is 1. The lowest BCUT2D eigenvalue weighted by Gasteiger charge is -2.05. The first-order chi connectivity index (χ1) is 13.5. The number of rotatable bonds is 5. The van der Waals surface area contributed by atoms with Crippen molar-refractivity contribution in [3.63, 3.8) is 0 Å². The standard InChI is InChI=1S/C21H14BrClN2O3/c22-19-7-2-1-6-18(19)20(26)25-24-13-14-4-3-5-17(12-14)28-21(27)15-8-10-16(23)11-9-15/h1-13H,(H,25,26)/b24-13+. The number of halogens is 2. The van der Waals surface area contributed by atoms with Crippen molar-refractivity contribution in [2.24, 2.45) is 5.10 Å². The smallest absolute Gasteiger partial charge is 0.343 e. The van der Waals surface area contributed by atoms with Crippen molar-refractivity contribution in [2.45, 2.75) is 0 Å². The molecule has 3 aromatic rings. The predicted molar refractivity (Wildman–Crippen MR) is 112 cm³/mol. The van der Waals surface area contributed by atoms with E-state index >= 15 is 0 Å². The average Bonchev–Trinajstić information content (AvgIpc) is 2.69. The quantitative estimate of drug-likeness (QED) is 0.251. The molecule has 140 valence electrons. The Hall–Kier alpha value is -2.96. The summed E-state index contributed by atoms with van der Waals surface area (Å²) in [6.07, 6.45) is 1.47. The van der Waals surface area contributed by atoms with Crippen molar-refractivity contribution in [1.82, 2.24) is 5.43 Å². The number of nitrogens with zero attached hydrogens (tertiary/aromatic N) is 1. The van der Waals surface area contributed by atoms with Crippen LogP contribution in [0.2, 0.25) is 5.02 Å². The zero-order valence-corrected chi connectivity index (χ0v) is 16.8. The second-order valence-electron chi connectivity index (χ2n) is 5.65. The Morgan fingerprint density at radius 3 is 2.50 bits per heavy atom. The molecule has 7 heteroatoms. The van der Waals surface area contributed by atoms with Gasteiger partial charge in [0.1, 0.15) is 5.75 Å². The third-order valence-electron chi connectivity index (χ3n) is 3.65. The minimum Gasteiger partial charge on any atom is -0.423 e. The maximum absolute atomic E-state index is 12.2. The van der Waals surface area contributed by atoms with E-state index in [1.54, 1.807) is 66.7 Å². The molecule has 0 heterocycles. The normalized spacial score (nSPS) is 10.6. The van der Waals surface area contributed by atoms with Gasteiger partial charge >= 0.3 is 5.97 Å². The number of carbonyl (C=O) groups excluding carboxylic acids is 2. The lowest BCUT2D eigenvalue weighted by molar-refractivity contribution is 0.0734. The number of hydrogen-bond acceptors (Lipinski definition) is 4. The van der Waals surface area contributed by atoms with Crippen LogP contribution < -0.4 is 10.2 Å². The van der Waals surface area contributed by atoms with Gasteiger partial charge in [0.05, 0.1) is 17.3 Å². The molecule has 0 unspecified atom stereocenters. The molecule has 28 heavy (non-hydrogen) atoms. The molecule has 0 saturated heterocycles. The number of nitrogens with one attached hydrogen (secondary N) is 1. The molecule has 0 radical (unpaired) electrons. The summed E-state index contributed by atoms with van der Waals surface area (Å²) in [5.74, 6) is -0.469. The van der Waals surface area contributed by atoms with E-state index in [4.69, 9.17) is 16.3 Å². The van der Waals surface area contributed by atoms with Crippen LogP contribution in [0, 0.1) is 0 Å². The Morgan fingerprint density at radius 2 is 1.75 bits per heavy atom. The van der Waals surface area contributed by atoms with Crippen LogP contribution in [0.15, 0.2) is 82.4 Å². The maximum Gasteiger partial charge on any atom is 0.343 e. The third kappa shape index (κ3) is 5.28. The largest absolute Gasteiger partial charge is 0.423 e. The Morgan fingerprint density at radius 1 is 1.00 bits per heavy atom. The molecule has 3 rings (SSSR count). The van der Waals surface area contributed by atoms with Crippen molar-refractivity contribution in [3.05, 3.63) is 99.0 Å². The van der Waals surface area contributed by atoms with Gasteiger partial charge in [0.2, 0.25) is 0 Å². The molecule has 0 saturated carbocycles. The summed E-state index contributed by atoms with van der Waals surface area (Å²) in [6, 6.07) is 20.3. The second kappa shape index (κ2) is 9.30. The van der Waals surface area contributed by atoms with Crippen molar-refractivity contribution in [2.75, 3.05) is 0 Å². The molecule has 0 spiro atoms. The van der Waals surface area contributed by atoms with E-state index in [0.29, 0.717) is 31.9 Å². The highest BCUT2D eigenvalue weighted by molar-refractivity contribution is 9.10. The molecule has 1 N–H and O–H groups in total. The summed E-state index contributed by atoms with van der Waals surface area (Å²) >= 11 is 9.14. The topological polar surface area (TPSA) is 67.8 Å². The Labute approximate surface area is 175 Å². The number of esters is 1. The van der Waals surface area contributed by atoms with E-state index < -0.39 is 5.97 Å². The van der Waals surface area contributed by atoms with Crippen LogP contribution in [-0.2, 0) is 0 Å². The molecule has 0 aliphatic carbocycles. The van der Waals surface area contributed by atoms with E-state index in [2.05, 4.69) is 26.5 Å². The van der Waals surface area contributed by atoms with Gasteiger partial charge < -0.3 is 4.74 Å². The third-order valence-corrected chi connectivity index (χ3v) is 4.59. The Kier molecular flexibility index (Phi) is 6.57. The van der Waals surface area contributed by atoms with Gasteiger partial charge in [-0.2, -0.15) is 5.10 Å². The van der Waals surface area contributed by atoms with Crippen LogP contribution in [0.3, 0.4) is 0 Å². The SMILES string of the molecule is O=C(Oc1cccc(/C=N/NC(=O)c2ccccc2Br)c1)c1ccc(Cl)cc1. The van der Waals surface area contributed by atoms with Crippen molar-refractivity contribution < 1.29 is 14.3 Å². The fraction of sp³-hybridized carbons (Fsp3) is 0. The van der Waals surface area contributed by atoms with Gasteiger partial charge in [-0.1, -0.05) is 35.9 Å². The van der Waals surface area contributed by atoms with Gasteiger partial charge in [-0.25, -0.2) is 10.2 Å². The first-order valence-electron chi connectivity index (χ1n) is 8.19. The van der Waals surface area contributed by atoms with Crippen LogP contribution >= 0.6 is 27.5 Å². The molecule has 3 aromatic carbocycles. The summed E-state index contributed by atoms with van der Waals surface area (Å²) in [5, 5.41) is 4.49. The lowest BCUT2D eigenvalue weighted by Crippen LogP contribution is -2.18. The molecule has 0 aromatic heterocycles. The molecule has 0 fully saturated rings. The van der Waals surface area contributed by atoms with Gasteiger partial charge in [-0.15, -0.1) is 0 Å². The number of hydrogen-bond donors (Lipinski definition) is 1. The lowest BCUT2D eigenvalue weighted by atomic mass is 10.2. The fourth-order valence-electron chi connectivity index (χ4n) is 2.28. The van der Waals surface area contributed by atoms with E-state index in [9.17, 15) is 9.59 Å². The van der Waals surface area contributed by atoms with Gasteiger partial charge in [0, 0.05) is 9.50 Å². The number of hydrazone groups is 1. The van der Waals surface area contributed by atoms with Crippen LogP contribution in [-0.4, -0.2) is 18.1 Å². The molecule has 0 aliphatic rings. The molecule has 0 atom stereocenters. The Balaban J connectivity index is 1.63. The van der Waals surface area contributed by atoms with E-state index in [0.717, 1.165) is 0 Å². The molecule has 0 bridgehead atoms. The minimum absolute atomic E-state index is 0.339. The highest BCUT2D eigenvalue weighted by Crippen LogP contribution is 2.17. The fourth-order valence-corrected chi connectivity index (χ4v) is 2.87. The summed E-state index contributed by atoms with van der Waals surface area (Å²) in [7, 11) is 0. The average molecular weight is 458 g/mol. The summed E-state index contributed by atoms with van der Waals surface area (Å²) in [6.45, 7) is 0. The summed E-state index contributed by atoms with van der Waals surface area (Å²) in [4.78, 5) is 24.3. The number of amides is 1. The summed E-state index contributed by atoms with van der Waals surface area (Å²) < 4.78 is 6.04. The van der Waals surface area contributed by atoms with Crippen LogP contribution in [0.5, 0.6) is 5.75 Å². The summed E-state index contributed by atoms with van der Waals surface area (Å²) in [5.41, 5.74) is 3.99. The highest BCUT2D eigenvalue weighted by atomic mass is 79.9. The van der Waals surface area contributed by atoms with Gasteiger partial charge in [0.25, 0.3) is 5.91 Å². The zero-order valence-electron chi connectivity index (χ0n) is 14.4. The number of benzene rings is 3. The highest BCUT2D eigenvalue weighted by Gasteiger charge is 2.09. The molecule has 1 amide bonds. The molecular weight excluding hydrogens is 444 g/mol. The van der Waals surface area contributed by atoms with Crippen molar-refractivity contribution in [3.8, 4) is 5.75 Å². The monoisotopic (exact) mass is 456 g/mol. The zero-order chi connectivity index (χ0) is 19.9. The maximum atomic E-state index is 12.2. The minimum atomic E-state index is -0.493. The van der Waals surface area contributed by atoms with Crippen molar-refractivity contribution >= 4 is 45.6 Å². The number of carbonyl (C=O) groups is 2. The predicted octanol–water partition coefficient (Wildman–Crippen LogP) is 5.09. The van der Waals surface area contributed by atoms with Crippen molar-refractivity contribution in [1.29, 1.82) is 0 Å². The van der Waals surface area contributed by atoms with Crippen LogP contribution in [0.1, 0.15) is 26.3 Å². The molecule has 0 aliphatic heterocycles. The first kappa shape index (κ1) is 19.8. The van der Waals surface area contributed by atoms with E-state index in [1.165, 1.54) is 6.21 Å². The Bertz CT molecular complexity index is 1040. The van der Waals surface area contributed by atoms with Crippen LogP contribution in [0.4, 0.5) is 0 Å². The molecular formula is C21H14BrClN2O3. The van der Waals surface area contributed by atoms with E-state index in [1.807, 2.05) is 6.07 Å². The first-order valence-corrected chi connectivity index (χ1v) is 9.36. The van der Waals surface area contributed by atoms with Gasteiger partial charge in [-0.3, -0.25) is 4.79 Å².